The van der Waals surface area contributed by atoms with Crippen molar-refractivity contribution < 1.29 is 0 Å². The molecule has 1 aromatic carbocycles. The minimum absolute atomic E-state index is 0.626. The molecule has 3 fully saturated rings. The summed E-state index contributed by atoms with van der Waals surface area (Å²) in [5.41, 5.74) is 6.60. The molecule has 0 atom stereocenters. The average molecular weight is 581 g/mol. The summed E-state index contributed by atoms with van der Waals surface area (Å²) in [6.07, 6.45) is 17.7. The van der Waals surface area contributed by atoms with Crippen molar-refractivity contribution in [2.75, 3.05) is 62.6 Å². The molecule has 0 spiro atoms. The van der Waals surface area contributed by atoms with Gasteiger partial charge < -0.3 is 20.0 Å². The van der Waals surface area contributed by atoms with E-state index in [0.29, 0.717) is 11.7 Å². The highest BCUT2D eigenvalue weighted by atomic mass is 15.3. The van der Waals surface area contributed by atoms with Gasteiger partial charge in [0.25, 0.3) is 0 Å². The molecular weight excluding hydrogens is 528 g/mol. The molecule has 1 aliphatic carbocycles. The van der Waals surface area contributed by atoms with Gasteiger partial charge in [0.15, 0.2) is 0 Å². The molecule has 3 heterocycles. The third-order valence-electron chi connectivity index (χ3n) is 9.82. The second kappa shape index (κ2) is 14.8. The first-order chi connectivity index (χ1) is 20.9. The fraction of sp³-hybridized carbons (Fsp3) is 0.486. The van der Waals surface area contributed by atoms with E-state index in [4.69, 9.17) is 0 Å². The minimum atomic E-state index is 0.626. The number of allylic oxidation sites excluding steroid dienone is 5. The summed E-state index contributed by atoms with van der Waals surface area (Å²) in [7, 11) is 0. The summed E-state index contributed by atoms with van der Waals surface area (Å²) in [6.45, 7) is 27.3. The van der Waals surface area contributed by atoms with Gasteiger partial charge in [-0.25, -0.2) is 4.99 Å². The van der Waals surface area contributed by atoms with Crippen molar-refractivity contribution in [2.45, 2.75) is 51.9 Å². The van der Waals surface area contributed by atoms with E-state index in [0.717, 1.165) is 80.8 Å². The summed E-state index contributed by atoms with van der Waals surface area (Å²) in [6, 6.07) is 8.69. The van der Waals surface area contributed by atoms with Gasteiger partial charge in [-0.05, 0) is 80.6 Å². The molecule has 0 unspecified atom stereocenters. The van der Waals surface area contributed by atoms with Crippen molar-refractivity contribution in [1.82, 2.24) is 14.7 Å². The molecule has 0 bridgehead atoms. The Kier molecular flexibility index (Phi) is 10.6. The van der Waals surface area contributed by atoms with Gasteiger partial charge in [0.1, 0.15) is 5.82 Å². The van der Waals surface area contributed by atoms with Crippen LogP contribution in [0.25, 0.3) is 0 Å². The first-order valence-electron chi connectivity index (χ1n) is 16.4. The van der Waals surface area contributed by atoms with Crippen LogP contribution < -0.4 is 10.2 Å². The number of aliphatic imine (C=N–C) groups is 1. The summed E-state index contributed by atoms with van der Waals surface area (Å²) in [5, 5.41) is 3.36. The Balaban J connectivity index is 1.05. The Labute approximate surface area is 260 Å². The van der Waals surface area contributed by atoms with Crippen molar-refractivity contribution in [3.63, 3.8) is 0 Å². The van der Waals surface area contributed by atoms with E-state index in [1.807, 2.05) is 12.3 Å². The van der Waals surface area contributed by atoms with Crippen LogP contribution in [0.4, 0.5) is 11.4 Å². The van der Waals surface area contributed by atoms with Crippen LogP contribution in [0, 0.1) is 11.8 Å². The Morgan fingerprint density at radius 1 is 0.930 bits per heavy atom. The second-order valence-corrected chi connectivity index (χ2v) is 12.8. The Morgan fingerprint density at radius 2 is 1.63 bits per heavy atom. The largest absolute Gasteiger partial charge is 0.371 e. The Morgan fingerprint density at radius 3 is 2.33 bits per heavy atom. The first kappa shape index (κ1) is 30.9. The lowest BCUT2D eigenvalue weighted by atomic mass is 9.87. The van der Waals surface area contributed by atoms with Crippen LogP contribution in [0.15, 0.2) is 102 Å². The lowest BCUT2D eigenvalue weighted by Crippen LogP contribution is -2.46. The number of benzene rings is 1. The third-order valence-corrected chi connectivity index (χ3v) is 9.82. The monoisotopic (exact) mass is 580 g/mol. The molecule has 6 nitrogen and oxygen atoms in total. The molecule has 1 N–H and O–H groups in total. The van der Waals surface area contributed by atoms with Gasteiger partial charge in [0.05, 0.1) is 0 Å². The quantitative estimate of drug-likeness (QED) is 0.194. The Hall–Kier alpha value is -3.51. The van der Waals surface area contributed by atoms with Gasteiger partial charge in [-0.15, -0.1) is 0 Å². The molecular formula is C37H52N6. The number of nitrogens with zero attached hydrogens (tertiary/aromatic N) is 5. The summed E-state index contributed by atoms with van der Waals surface area (Å²) in [4.78, 5) is 14.4. The summed E-state index contributed by atoms with van der Waals surface area (Å²) < 4.78 is 0. The van der Waals surface area contributed by atoms with Gasteiger partial charge >= 0.3 is 0 Å². The maximum atomic E-state index is 4.65. The number of piperazine rings is 1. The molecule has 0 radical (unpaired) electrons. The zero-order chi connectivity index (χ0) is 30.2. The van der Waals surface area contributed by atoms with Gasteiger partial charge in [0.2, 0.25) is 0 Å². The number of hydrogen-bond acceptors (Lipinski definition) is 6. The first-order valence-corrected chi connectivity index (χ1v) is 16.4. The molecule has 1 saturated carbocycles. The van der Waals surface area contributed by atoms with E-state index in [9.17, 15) is 0 Å². The van der Waals surface area contributed by atoms with Crippen LogP contribution in [0.5, 0.6) is 0 Å². The predicted octanol–water partition coefficient (Wildman–Crippen LogP) is 7.41. The van der Waals surface area contributed by atoms with E-state index < -0.39 is 0 Å². The highest BCUT2D eigenvalue weighted by molar-refractivity contribution is 5.85. The van der Waals surface area contributed by atoms with Crippen LogP contribution in [0.1, 0.15) is 51.9 Å². The number of likely N-dealkylation sites (tertiary alicyclic amines) is 1. The van der Waals surface area contributed by atoms with E-state index in [-0.39, 0.29) is 0 Å². The number of anilines is 2. The summed E-state index contributed by atoms with van der Waals surface area (Å²) >= 11 is 0. The molecule has 0 amide bonds. The van der Waals surface area contributed by atoms with Gasteiger partial charge in [0, 0.05) is 86.1 Å². The number of nitrogens with one attached hydrogen (secondary N) is 1. The van der Waals surface area contributed by atoms with Gasteiger partial charge in [-0.1, -0.05) is 58.4 Å². The molecule has 43 heavy (non-hydrogen) atoms. The lowest BCUT2D eigenvalue weighted by molar-refractivity contribution is 0.133. The number of hydrogen-bond donors (Lipinski definition) is 1. The van der Waals surface area contributed by atoms with E-state index in [2.05, 4.69) is 99.6 Å². The van der Waals surface area contributed by atoms with Gasteiger partial charge in [-0.3, -0.25) is 4.90 Å². The van der Waals surface area contributed by atoms with Crippen molar-refractivity contribution >= 4 is 17.6 Å². The fourth-order valence-corrected chi connectivity index (χ4v) is 6.82. The van der Waals surface area contributed by atoms with E-state index >= 15 is 0 Å². The molecule has 5 rings (SSSR count). The van der Waals surface area contributed by atoms with Crippen molar-refractivity contribution in [2.24, 2.45) is 16.8 Å². The Bertz CT molecular complexity index is 1230. The van der Waals surface area contributed by atoms with Crippen LogP contribution in [0.2, 0.25) is 0 Å². The zero-order valence-corrected chi connectivity index (χ0v) is 26.4. The van der Waals surface area contributed by atoms with Gasteiger partial charge in [-0.2, -0.15) is 0 Å². The SMILES string of the molecule is C=CC(=C)N1CC(CCN2C(=C)C=CC(/C=N\C(=C)Nc3ccc(N4CCN(CCC5CCCCC5)CC4)cc3)=C2C)C1. The van der Waals surface area contributed by atoms with Crippen LogP contribution >= 0.6 is 0 Å². The van der Waals surface area contributed by atoms with E-state index in [1.165, 1.54) is 56.5 Å². The fourth-order valence-electron chi connectivity index (χ4n) is 6.82. The predicted molar refractivity (Wildman–Crippen MR) is 184 cm³/mol. The zero-order valence-electron chi connectivity index (χ0n) is 26.4. The molecule has 1 aromatic rings. The number of rotatable bonds is 13. The average Bonchev–Trinajstić information content (AvgIpc) is 3.01. The van der Waals surface area contributed by atoms with E-state index in [1.54, 1.807) is 0 Å². The van der Waals surface area contributed by atoms with Crippen molar-refractivity contribution in [3.8, 4) is 0 Å². The molecule has 3 aliphatic heterocycles. The van der Waals surface area contributed by atoms with Crippen LogP contribution in [0.3, 0.4) is 0 Å². The second-order valence-electron chi connectivity index (χ2n) is 12.8. The van der Waals surface area contributed by atoms with Crippen molar-refractivity contribution in [1.29, 1.82) is 0 Å². The highest BCUT2D eigenvalue weighted by Gasteiger charge is 2.27. The molecule has 0 aromatic heterocycles. The molecule has 230 valence electrons. The maximum absolute atomic E-state index is 4.65. The summed E-state index contributed by atoms with van der Waals surface area (Å²) in [5.74, 6) is 2.27. The third kappa shape index (κ3) is 8.32. The lowest BCUT2D eigenvalue weighted by Gasteiger charge is -2.42. The molecule has 2 saturated heterocycles. The highest BCUT2D eigenvalue weighted by Crippen LogP contribution is 2.29. The minimum Gasteiger partial charge on any atom is -0.371 e. The van der Waals surface area contributed by atoms with Crippen molar-refractivity contribution in [3.05, 3.63) is 97.3 Å². The molecule has 4 aliphatic rings. The maximum Gasteiger partial charge on any atom is 0.123 e. The van der Waals surface area contributed by atoms with Crippen LogP contribution in [-0.4, -0.2) is 73.3 Å². The normalized spacial score (nSPS) is 20.6. The smallest absolute Gasteiger partial charge is 0.123 e. The molecule has 6 heteroatoms. The topological polar surface area (TPSA) is 37.4 Å². The van der Waals surface area contributed by atoms with Crippen LogP contribution in [-0.2, 0) is 0 Å². The standard InChI is InChI=1S/C37H52N6/c1-6-29(2)42-27-34(28-42)19-21-43-30(3)12-13-35(31(43)4)26-38-32(5)39-36-14-16-37(17-15-36)41-24-22-40(23-25-41)20-18-33-10-8-7-9-11-33/h6,12-17,26,33-34,39H,1-3,5,7-11,18-25,27-28H2,4H3/b38-26-.